The average molecular weight is 270 g/mol. The van der Waals surface area contributed by atoms with Crippen LogP contribution in [0.2, 0.25) is 0 Å². The van der Waals surface area contributed by atoms with E-state index in [1.54, 1.807) is 25.1 Å². The lowest BCUT2D eigenvalue weighted by atomic mass is 9.95. The summed E-state index contributed by atoms with van der Waals surface area (Å²) in [5.74, 6) is 0. The molecule has 0 heterocycles. The summed E-state index contributed by atoms with van der Waals surface area (Å²) in [7, 11) is -3.51. The molecule has 4 nitrogen and oxygen atoms in total. The minimum Gasteiger partial charge on any atom is -0.329 e. The van der Waals surface area contributed by atoms with Crippen molar-refractivity contribution in [3.8, 4) is 0 Å². The summed E-state index contributed by atoms with van der Waals surface area (Å²) in [6, 6.07) is 6.95. The van der Waals surface area contributed by atoms with Crippen LogP contribution in [-0.4, -0.2) is 20.5 Å². The Kier molecular flexibility index (Phi) is 4.90. The lowest BCUT2D eigenvalue weighted by molar-refractivity contribution is 0.363. The summed E-state index contributed by atoms with van der Waals surface area (Å²) >= 11 is 0. The number of nitrogens with one attached hydrogen (secondary N) is 1. The van der Waals surface area contributed by atoms with Gasteiger partial charge in [-0.15, -0.1) is 0 Å². The highest BCUT2D eigenvalue weighted by atomic mass is 32.2. The summed E-state index contributed by atoms with van der Waals surface area (Å²) in [6.45, 7) is 5.97. The van der Waals surface area contributed by atoms with Gasteiger partial charge in [0.2, 0.25) is 10.0 Å². The second-order valence-electron chi connectivity index (χ2n) is 4.56. The number of benzene rings is 1. The molecule has 0 amide bonds. The molecule has 5 heteroatoms. The van der Waals surface area contributed by atoms with Gasteiger partial charge in [-0.2, -0.15) is 0 Å². The third kappa shape index (κ3) is 3.10. The fourth-order valence-electron chi connectivity index (χ4n) is 1.92. The number of aryl methyl sites for hydroxylation is 1. The molecule has 1 aromatic rings. The molecule has 0 bridgehead atoms. The highest BCUT2D eigenvalue weighted by Gasteiger charge is 2.31. The average Bonchev–Trinajstić information content (AvgIpc) is 2.36. The smallest absolute Gasteiger partial charge is 0.241 e. The van der Waals surface area contributed by atoms with E-state index in [9.17, 15) is 8.42 Å². The van der Waals surface area contributed by atoms with Crippen molar-refractivity contribution in [2.45, 2.75) is 44.0 Å². The zero-order valence-electron chi connectivity index (χ0n) is 11.2. The van der Waals surface area contributed by atoms with Gasteiger partial charge in [-0.1, -0.05) is 32.0 Å². The molecule has 0 aliphatic heterocycles. The summed E-state index contributed by atoms with van der Waals surface area (Å²) < 4.78 is 27.5. The second kappa shape index (κ2) is 5.82. The second-order valence-corrected chi connectivity index (χ2v) is 6.21. The van der Waals surface area contributed by atoms with Crippen LogP contribution in [0.1, 0.15) is 32.3 Å². The molecule has 0 saturated heterocycles. The van der Waals surface area contributed by atoms with Gasteiger partial charge in [-0.3, -0.25) is 0 Å². The highest BCUT2D eigenvalue weighted by molar-refractivity contribution is 7.89. The van der Waals surface area contributed by atoms with Crippen LogP contribution in [-0.2, 0) is 10.0 Å². The van der Waals surface area contributed by atoms with E-state index in [-0.39, 0.29) is 0 Å². The number of hydrogen-bond acceptors (Lipinski definition) is 3. The van der Waals surface area contributed by atoms with Crippen LogP contribution >= 0.6 is 0 Å². The van der Waals surface area contributed by atoms with Crippen LogP contribution in [0.5, 0.6) is 0 Å². The third-order valence-electron chi connectivity index (χ3n) is 3.48. The molecule has 0 atom stereocenters. The Morgan fingerprint density at radius 1 is 1.22 bits per heavy atom. The molecule has 0 radical (unpaired) electrons. The van der Waals surface area contributed by atoms with Crippen LogP contribution in [0, 0.1) is 6.92 Å². The fourth-order valence-corrected chi connectivity index (χ4v) is 3.72. The minimum atomic E-state index is -3.51. The first kappa shape index (κ1) is 15.1. The SMILES string of the molecule is CCC(CC)(CN)NS(=O)(=O)c1ccccc1C. The van der Waals surface area contributed by atoms with Crippen molar-refractivity contribution in [1.82, 2.24) is 4.72 Å². The van der Waals surface area contributed by atoms with Crippen molar-refractivity contribution in [3.63, 3.8) is 0 Å². The van der Waals surface area contributed by atoms with Crippen molar-refractivity contribution < 1.29 is 8.42 Å². The zero-order chi connectivity index (χ0) is 13.8. The monoisotopic (exact) mass is 270 g/mol. The molecule has 0 spiro atoms. The van der Waals surface area contributed by atoms with Crippen molar-refractivity contribution in [1.29, 1.82) is 0 Å². The predicted octanol–water partition coefficient (Wildman–Crippen LogP) is 1.79. The lowest BCUT2D eigenvalue weighted by Gasteiger charge is -2.31. The van der Waals surface area contributed by atoms with Crippen molar-refractivity contribution in [2.75, 3.05) is 6.54 Å². The Morgan fingerprint density at radius 3 is 2.22 bits per heavy atom. The first-order valence-electron chi connectivity index (χ1n) is 6.20. The molecule has 102 valence electrons. The van der Waals surface area contributed by atoms with Gasteiger partial charge >= 0.3 is 0 Å². The van der Waals surface area contributed by atoms with E-state index in [0.29, 0.717) is 24.3 Å². The molecule has 0 saturated carbocycles. The van der Waals surface area contributed by atoms with E-state index in [2.05, 4.69) is 4.72 Å². The predicted molar refractivity (Wildman–Crippen MR) is 73.9 cm³/mol. The molecule has 0 aliphatic rings. The van der Waals surface area contributed by atoms with Crippen LogP contribution in [0.3, 0.4) is 0 Å². The van der Waals surface area contributed by atoms with Gasteiger partial charge in [0.1, 0.15) is 0 Å². The molecule has 18 heavy (non-hydrogen) atoms. The molecule has 0 aliphatic carbocycles. The van der Waals surface area contributed by atoms with Gasteiger partial charge in [-0.25, -0.2) is 13.1 Å². The van der Waals surface area contributed by atoms with Crippen molar-refractivity contribution in [3.05, 3.63) is 29.8 Å². The Hall–Kier alpha value is -0.910. The number of nitrogens with two attached hydrogens (primary N) is 1. The maximum absolute atomic E-state index is 12.4. The molecule has 3 N–H and O–H groups in total. The molecule has 1 aromatic carbocycles. The Balaban J connectivity index is 3.13. The molecular formula is C13H22N2O2S. The minimum absolute atomic E-state index is 0.297. The normalized spacial score (nSPS) is 12.7. The maximum Gasteiger partial charge on any atom is 0.241 e. The van der Waals surface area contributed by atoms with Crippen molar-refractivity contribution >= 4 is 10.0 Å². The van der Waals surface area contributed by atoms with Crippen LogP contribution < -0.4 is 10.5 Å². The number of rotatable bonds is 6. The highest BCUT2D eigenvalue weighted by Crippen LogP contribution is 2.20. The van der Waals surface area contributed by atoms with E-state index < -0.39 is 15.6 Å². The molecule has 0 aromatic heterocycles. The van der Waals surface area contributed by atoms with E-state index in [4.69, 9.17) is 5.73 Å². The standard InChI is InChI=1S/C13H22N2O2S/c1-4-13(5-2,10-14)15-18(16,17)12-9-7-6-8-11(12)3/h6-9,15H,4-5,10,14H2,1-3H3. The first-order chi connectivity index (χ1) is 8.40. The summed E-state index contributed by atoms with van der Waals surface area (Å²) in [5, 5.41) is 0. The largest absolute Gasteiger partial charge is 0.329 e. The van der Waals surface area contributed by atoms with E-state index >= 15 is 0 Å². The molecule has 1 rings (SSSR count). The fraction of sp³-hybridized carbons (Fsp3) is 0.538. The lowest BCUT2D eigenvalue weighted by Crippen LogP contribution is -2.52. The van der Waals surface area contributed by atoms with E-state index in [0.717, 1.165) is 5.56 Å². The third-order valence-corrected chi connectivity index (χ3v) is 5.22. The first-order valence-corrected chi connectivity index (χ1v) is 7.69. The van der Waals surface area contributed by atoms with Gasteiger partial charge in [0.25, 0.3) is 0 Å². The van der Waals surface area contributed by atoms with Gasteiger partial charge in [0.05, 0.1) is 4.90 Å². The molecule has 0 fully saturated rings. The summed E-state index contributed by atoms with van der Waals surface area (Å²) in [6.07, 6.45) is 1.34. The molecule has 0 unspecified atom stereocenters. The van der Waals surface area contributed by atoms with Gasteiger partial charge < -0.3 is 5.73 Å². The number of hydrogen-bond donors (Lipinski definition) is 2. The van der Waals surface area contributed by atoms with Gasteiger partial charge in [-0.05, 0) is 31.4 Å². The van der Waals surface area contributed by atoms with Crippen LogP contribution in [0.25, 0.3) is 0 Å². The van der Waals surface area contributed by atoms with Gasteiger partial charge in [0, 0.05) is 12.1 Å². The summed E-state index contributed by atoms with van der Waals surface area (Å²) in [5.41, 5.74) is 5.91. The van der Waals surface area contributed by atoms with Crippen molar-refractivity contribution in [2.24, 2.45) is 5.73 Å². The van der Waals surface area contributed by atoms with Gasteiger partial charge in [0.15, 0.2) is 0 Å². The maximum atomic E-state index is 12.4. The Bertz CT molecular complexity index is 485. The van der Waals surface area contributed by atoms with Crippen LogP contribution in [0.4, 0.5) is 0 Å². The van der Waals surface area contributed by atoms with E-state index in [1.165, 1.54) is 0 Å². The molecular weight excluding hydrogens is 248 g/mol. The number of sulfonamides is 1. The summed E-state index contributed by atoms with van der Waals surface area (Å²) in [4.78, 5) is 0.324. The quantitative estimate of drug-likeness (QED) is 0.828. The zero-order valence-corrected chi connectivity index (χ0v) is 12.0. The Labute approximate surface area is 110 Å². The topological polar surface area (TPSA) is 72.2 Å². The van der Waals surface area contributed by atoms with Crippen LogP contribution in [0.15, 0.2) is 29.2 Å². The van der Waals surface area contributed by atoms with E-state index in [1.807, 2.05) is 19.9 Å². The Morgan fingerprint density at radius 2 is 1.78 bits per heavy atom.